The Morgan fingerprint density at radius 2 is 2.20 bits per heavy atom. The summed E-state index contributed by atoms with van der Waals surface area (Å²) in [4.78, 5) is 25.6. The molecule has 1 unspecified atom stereocenters. The third-order valence-corrected chi connectivity index (χ3v) is 3.74. The van der Waals surface area contributed by atoms with E-state index in [1.807, 2.05) is 24.6 Å². The van der Waals surface area contributed by atoms with Gasteiger partial charge in [-0.3, -0.25) is 9.59 Å². The van der Waals surface area contributed by atoms with Gasteiger partial charge >= 0.3 is 0 Å². The molecule has 1 saturated heterocycles. The molecule has 6 nitrogen and oxygen atoms in total. The van der Waals surface area contributed by atoms with Gasteiger partial charge in [-0.1, -0.05) is 0 Å². The van der Waals surface area contributed by atoms with E-state index in [2.05, 4.69) is 15.9 Å². The molecular weight excluding hydrogens is 326 g/mol. The van der Waals surface area contributed by atoms with Crippen LogP contribution in [0.3, 0.4) is 0 Å². The molecule has 0 radical (unpaired) electrons. The number of hydrogen-bond acceptors (Lipinski definition) is 3. The van der Waals surface area contributed by atoms with Crippen LogP contribution in [-0.2, 0) is 9.53 Å². The number of carbonyl (C=O) groups excluding carboxylic acids is 2. The molecule has 7 heteroatoms. The first kappa shape index (κ1) is 15.1. The minimum atomic E-state index is -0.703. The van der Waals surface area contributed by atoms with Crippen molar-refractivity contribution in [2.75, 3.05) is 19.8 Å². The van der Waals surface area contributed by atoms with E-state index >= 15 is 0 Å². The van der Waals surface area contributed by atoms with Crippen LogP contribution >= 0.6 is 15.9 Å². The number of hydrogen-bond donors (Lipinski definition) is 1. The Morgan fingerprint density at radius 1 is 1.50 bits per heavy atom. The molecule has 20 heavy (non-hydrogen) atoms. The van der Waals surface area contributed by atoms with Crippen molar-refractivity contribution in [1.82, 2.24) is 9.47 Å². The second-order valence-corrected chi connectivity index (χ2v) is 5.95. The Labute approximate surface area is 126 Å². The predicted molar refractivity (Wildman–Crippen MR) is 77.4 cm³/mol. The molecule has 0 spiro atoms. The quantitative estimate of drug-likeness (QED) is 0.894. The largest absolute Gasteiger partial charge is 0.377 e. The van der Waals surface area contributed by atoms with Gasteiger partial charge in [-0.05, 0) is 35.8 Å². The molecule has 2 rings (SSSR count). The fraction of sp³-hybridized carbons (Fsp3) is 0.538. The fourth-order valence-corrected chi connectivity index (χ4v) is 2.71. The van der Waals surface area contributed by atoms with E-state index in [0.717, 1.165) is 4.47 Å². The standard InChI is InChI=1S/C13H18BrN3O3/c1-8(2)17-6-9(14)5-10(17)13(19)16-3-4-20-7-11(16)12(15)18/h5-6,8,11H,3-4,7H2,1-2H3,(H2,15,18). The fourth-order valence-electron chi connectivity index (χ4n) is 2.27. The lowest BCUT2D eigenvalue weighted by atomic mass is 10.2. The van der Waals surface area contributed by atoms with Crippen LogP contribution < -0.4 is 5.73 Å². The summed E-state index contributed by atoms with van der Waals surface area (Å²) in [6.45, 7) is 4.93. The van der Waals surface area contributed by atoms with E-state index in [1.165, 1.54) is 4.90 Å². The SMILES string of the molecule is CC(C)n1cc(Br)cc1C(=O)N1CCOCC1C(N)=O. The average molecular weight is 344 g/mol. The smallest absolute Gasteiger partial charge is 0.271 e. The van der Waals surface area contributed by atoms with Crippen LogP contribution in [0.1, 0.15) is 30.4 Å². The average Bonchev–Trinajstić information content (AvgIpc) is 2.80. The molecule has 0 aliphatic carbocycles. The summed E-state index contributed by atoms with van der Waals surface area (Å²) in [5.74, 6) is -0.740. The van der Waals surface area contributed by atoms with E-state index in [4.69, 9.17) is 10.5 Å². The second-order valence-electron chi connectivity index (χ2n) is 5.04. The van der Waals surface area contributed by atoms with Crippen molar-refractivity contribution in [3.63, 3.8) is 0 Å². The van der Waals surface area contributed by atoms with Gasteiger partial charge in [0.1, 0.15) is 11.7 Å². The van der Waals surface area contributed by atoms with Crippen LogP contribution in [-0.4, -0.2) is 47.1 Å². The normalized spacial score (nSPS) is 19.4. The molecule has 1 aromatic rings. The van der Waals surface area contributed by atoms with E-state index < -0.39 is 11.9 Å². The maximum atomic E-state index is 12.7. The molecular formula is C13H18BrN3O3. The summed E-state index contributed by atoms with van der Waals surface area (Å²) in [6, 6.07) is 1.20. The van der Waals surface area contributed by atoms with Crippen LogP contribution in [0.5, 0.6) is 0 Å². The van der Waals surface area contributed by atoms with Gasteiger partial charge in [0.15, 0.2) is 0 Å². The van der Waals surface area contributed by atoms with Crippen LogP contribution in [0.15, 0.2) is 16.7 Å². The van der Waals surface area contributed by atoms with Crippen molar-refractivity contribution in [1.29, 1.82) is 0 Å². The van der Waals surface area contributed by atoms with Crippen molar-refractivity contribution in [3.05, 3.63) is 22.4 Å². The van der Waals surface area contributed by atoms with Crippen molar-refractivity contribution in [2.24, 2.45) is 5.73 Å². The number of primary amides is 1. The monoisotopic (exact) mass is 343 g/mol. The summed E-state index contributed by atoms with van der Waals surface area (Å²) in [5, 5.41) is 0. The minimum absolute atomic E-state index is 0.147. The van der Waals surface area contributed by atoms with Gasteiger partial charge in [0, 0.05) is 23.3 Å². The highest BCUT2D eigenvalue weighted by molar-refractivity contribution is 9.10. The number of ether oxygens (including phenoxy) is 1. The van der Waals surface area contributed by atoms with Gasteiger partial charge in [-0.15, -0.1) is 0 Å². The van der Waals surface area contributed by atoms with Gasteiger partial charge in [0.05, 0.1) is 13.2 Å². The molecule has 2 heterocycles. The van der Waals surface area contributed by atoms with Gasteiger partial charge in [-0.2, -0.15) is 0 Å². The van der Waals surface area contributed by atoms with E-state index in [9.17, 15) is 9.59 Å². The van der Waals surface area contributed by atoms with Crippen LogP contribution in [0, 0.1) is 0 Å². The number of rotatable bonds is 3. The lowest BCUT2D eigenvalue weighted by Gasteiger charge is -2.33. The van der Waals surface area contributed by atoms with Crippen molar-refractivity contribution in [2.45, 2.75) is 25.9 Å². The summed E-state index contributed by atoms with van der Waals surface area (Å²) in [7, 11) is 0. The molecule has 0 bridgehead atoms. The first-order valence-corrected chi connectivity index (χ1v) is 7.26. The van der Waals surface area contributed by atoms with E-state index in [1.54, 1.807) is 6.07 Å². The molecule has 1 atom stereocenters. The molecule has 1 aromatic heterocycles. The summed E-state index contributed by atoms with van der Waals surface area (Å²) in [6.07, 6.45) is 1.86. The van der Waals surface area contributed by atoms with E-state index in [-0.39, 0.29) is 18.6 Å². The van der Waals surface area contributed by atoms with E-state index in [0.29, 0.717) is 18.8 Å². The number of carbonyl (C=O) groups is 2. The first-order valence-electron chi connectivity index (χ1n) is 6.47. The van der Waals surface area contributed by atoms with Crippen molar-refractivity contribution >= 4 is 27.7 Å². The zero-order valence-corrected chi connectivity index (χ0v) is 13.1. The van der Waals surface area contributed by atoms with Gasteiger partial charge < -0.3 is 19.9 Å². The maximum Gasteiger partial charge on any atom is 0.271 e. The van der Waals surface area contributed by atoms with Crippen molar-refractivity contribution in [3.8, 4) is 0 Å². The Hall–Kier alpha value is -1.34. The predicted octanol–water partition coefficient (Wildman–Crippen LogP) is 1.16. The molecule has 110 valence electrons. The maximum absolute atomic E-state index is 12.7. The molecule has 2 amide bonds. The summed E-state index contributed by atoms with van der Waals surface area (Å²) >= 11 is 3.38. The topological polar surface area (TPSA) is 77.6 Å². The molecule has 1 aliphatic heterocycles. The molecule has 1 aliphatic rings. The number of amides is 2. The van der Waals surface area contributed by atoms with Crippen LogP contribution in [0.25, 0.3) is 0 Å². The zero-order valence-electron chi connectivity index (χ0n) is 11.5. The number of morpholine rings is 1. The second kappa shape index (κ2) is 5.97. The highest BCUT2D eigenvalue weighted by atomic mass is 79.9. The van der Waals surface area contributed by atoms with Crippen LogP contribution in [0.4, 0.5) is 0 Å². The molecule has 2 N–H and O–H groups in total. The van der Waals surface area contributed by atoms with Gasteiger partial charge in [0.2, 0.25) is 5.91 Å². The Kier molecular flexibility index (Phi) is 4.49. The zero-order chi connectivity index (χ0) is 14.9. The van der Waals surface area contributed by atoms with Gasteiger partial charge in [0.25, 0.3) is 5.91 Å². The lowest BCUT2D eigenvalue weighted by Crippen LogP contribution is -2.55. The highest BCUT2D eigenvalue weighted by Crippen LogP contribution is 2.22. The Balaban J connectivity index is 2.32. The van der Waals surface area contributed by atoms with Gasteiger partial charge in [-0.25, -0.2) is 0 Å². The summed E-state index contributed by atoms with van der Waals surface area (Å²) < 4.78 is 7.94. The number of halogens is 1. The lowest BCUT2D eigenvalue weighted by molar-refractivity contribution is -0.127. The highest BCUT2D eigenvalue weighted by Gasteiger charge is 2.33. The number of nitrogens with two attached hydrogens (primary N) is 1. The molecule has 0 saturated carbocycles. The third kappa shape index (κ3) is 2.88. The molecule has 0 aromatic carbocycles. The Bertz CT molecular complexity index is 527. The molecule has 1 fully saturated rings. The van der Waals surface area contributed by atoms with Crippen LogP contribution in [0.2, 0.25) is 0 Å². The summed E-state index contributed by atoms with van der Waals surface area (Å²) in [5.41, 5.74) is 5.89. The Morgan fingerprint density at radius 3 is 2.80 bits per heavy atom. The minimum Gasteiger partial charge on any atom is -0.377 e. The third-order valence-electron chi connectivity index (χ3n) is 3.31. The number of nitrogens with zero attached hydrogens (tertiary/aromatic N) is 2. The first-order chi connectivity index (χ1) is 9.41. The van der Waals surface area contributed by atoms with Crippen molar-refractivity contribution < 1.29 is 14.3 Å². The number of aromatic nitrogens is 1.